The highest BCUT2D eigenvalue weighted by atomic mass is 32.2. The summed E-state index contributed by atoms with van der Waals surface area (Å²) in [6.45, 7) is 10.1. The Morgan fingerprint density at radius 2 is 2.14 bits per heavy atom. The number of aromatic nitrogens is 2. The molecule has 1 aliphatic heterocycles. The Bertz CT molecular complexity index is 535. The average Bonchev–Trinajstić information content (AvgIpc) is 2.86. The Balaban J connectivity index is 2.12. The Hall–Kier alpha value is -1.30. The van der Waals surface area contributed by atoms with Gasteiger partial charge in [-0.2, -0.15) is 11.8 Å². The maximum Gasteiger partial charge on any atom is 0.230 e. The van der Waals surface area contributed by atoms with Crippen molar-refractivity contribution in [2.45, 2.75) is 33.7 Å². The van der Waals surface area contributed by atoms with Crippen LogP contribution in [0.1, 0.15) is 25.2 Å². The molecule has 5 nitrogen and oxygen atoms in total. The number of nitrogens with one attached hydrogen (secondary N) is 1. The second kappa shape index (κ2) is 7.31. The van der Waals surface area contributed by atoms with Crippen LogP contribution in [0.25, 0.3) is 0 Å². The summed E-state index contributed by atoms with van der Waals surface area (Å²) in [6.07, 6.45) is 3.79. The summed E-state index contributed by atoms with van der Waals surface area (Å²) in [5, 5.41) is 3.19. The standard InChI is InChI=1S/C16H26N4OS/c1-10(2)13-7-20(8-14(13)19-16(21)9-22-5)15-6-17-11(3)12(4)18-15/h6,10,13-14H,7-9H2,1-5H3,(H,19,21). The predicted molar refractivity (Wildman–Crippen MR) is 92.4 cm³/mol. The smallest absolute Gasteiger partial charge is 0.230 e. The van der Waals surface area contributed by atoms with E-state index in [0.717, 1.165) is 30.3 Å². The van der Waals surface area contributed by atoms with Crippen molar-refractivity contribution in [2.75, 3.05) is 30.0 Å². The highest BCUT2D eigenvalue weighted by molar-refractivity contribution is 7.99. The first-order valence-corrected chi connectivity index (χ1v) is 9.15. The predicted octanol–water partition coefficient (Wildman–Crippen LogP) is 2.03. The van der Waals surface area contributed by atoms with Crippen LogP contribution in [-0.4, -0.2) is 47.0 Å². The molecular weight excluding hydrogens is 296 g/mol. The van der Waals surface area contributed by atoms with Crippen molar-refractivity contribution >= 4 is 23.5 Å². The van der Waals surface area contributed by atoms with Crippen LogP contribution in [0.15, 0.2) is 6.20 Å². The molecule has 2 rings (SSSR count). The van der Waals surface area contributed by atoms with Gasteiger partial charge in [-0.25, -0.2) is 4.98 Å². The van der Waals surface area contributed by atoms with Crippen molar-refractivity contribution in [1.82, 2.24) is 15.3 Å². The minimum absolute atomic E-state index is 0.121. The van der Waals surface area contributed by atoms with E-state index in [1.165, 1.54) is 0 Å². The van der Waals surface area contributed by atoms with Gasteiger partial charge in [0.1, 0.15) is 5.82 Å². The molecule has 0 aliphatic carbocycles. The molecule has 2 atom stereocenters. The molecule has 0 saturated carbocycles. The van der Waals surface area contributed by atoms with Crippen LogP contribution in [0, 0.1) is 25.7 Å². The molecule has 22 heavy (non-hydrogen) atoms. The SMILES string of the molecule is CSCC(=O)NC1CN(c2cnc(C)c(C)n2)CC1C(C)C. The third-order valence-corrected chi connectivity index (χ3v) is 4.90. The van der Waals surface area contributed by atoms with Gasteiger partial charge in [0.15, 0.2) is 0 Å². The third-order valence-electron chi connectivity index (χ3n) is 4.35. The number of carbonyl (C=O) groups is 1. The van der Waals surface area contributed by atoms with E-state index in [1.807, 2.05) is 26.3 Å². The van der Waals surface area contributed by atoms with E-state index in [0.29, 0.717) is 17.6 Å². The second-order valence-electron chi connectivity index (χ2n) is 6.32. The fraction of sp³-hybridized carbons (Fsp3) is 0.688. The van der Waals surface area contributed by atoms with Gasteiger partial charge in [0, 0.05) is 19.0 Å². The van der Waals surface area contributed by atoms with Gasteiger partial charge < -0.3 is 10.2 Å². The maximum absolute atomic E-state index is 11.9. The van der Waals surface area contributed by atoms with E-state index in [2.05, 4.69) is 34.0 Å². The van der Waals surface area contributed by atoms with Gasteiger partial charge in [-0.15, -0.1) is 0 Å². The lowest BCUT2D eigenvalue weighted by Crippen LogP contribution is -2.42. The molecular formula is C16H26N4OS. The molecule has 2 unspecified atom stereocenters. The number of amides is 1. The van der Waals surface area contributed by atoms with E-state index in [1.54, 1.807) is 11.8 Å². The van der Waals surface area contributed by atoms with Crippen LogP contribution < -0.4 is 10.2 Å². The Morgan fingerprint density at radius 3 is 2.73 bits per heavy atom. The molecule has 0 spiro atoms. The zero-order chi connectivity index (χ0) is 16.3. The van der Waals surface area contributed by atoms with Crippen molar-refractivity contribution in [1.29, 1.82) is 0 Å². The van der Waals surface area contributed by atoms with Crippen molar-refractivity contribution in [3.8, 4) is 0 Å². The molecule has 122 valence electrons. The van der Waals surface area contributed by atoms with Gasteiger partial charge in [-0.1, -0.05) is 13.8 Å². The highest BCUT2D eigenvalue weighted by Gasteiger charge is 2.36. The van der Waals surface area contributed by atoms with Gasteiger partial charge in [0.2, 0.25) is 5.91 Å². The van der Waals surface area contributed by atoms with E-state index < -0.39 is 0 Å². The number of hydrogen-bond acceptors (Lipinski definition) is 5. The largest absolute Gasteiger partial charge is 0.353 e. The lowest BCUT2D eigenvalue weighted by molar-refractivity contribution is -0.119. The monoisotopic (exact) mass is 322 g/mol. The molecule has 1 N–H and O–H groups in total. The fourth-order valence-electron chi connectivity index (χ4n) is 2.91. The molecule has 1 aliphatic rings. The molecule has 1 aromatic heterocycles. The first kappa shape index (κ1) is 17.1. The number of rotatable bonds is 5. The van der Waals surface area contributed by atoms with Crippen LogP contribution in [0.5, 0.6) is 0 Å². The van der Waals surface area contributed by atoms with E-state index in [9.17, 15) is 4.79 Å². The Morgan fingerprint density at radius 1 is 1.41 bits per heavy atom. The van der Waals surface area contributed by atoms with Crippen LogP contribution in [0.4, 0.5) is 5.82 Å². The summed E-state index contributed by atoms with van der Waals surface area (Å²) in [7, 11) is 0. The lowest BCUT2D eigenvalue weighted by atomic mass is 9.91. The normalized spacial score (nSPS) is 21.5. The summed E-state index contributed by atoms with van der Waals surface area (Å²) in [5.74, 6) is 2.51. The molecule has 1 amide bonds. The maximum atomic E-state index is 11.9. The number of carbonyl (C=O) groups excluding carboxylic acids is 1. The number of anilines is 1. The lowest BCUT2D eigenvalue weighted by Gasteiger charge is -2.22. The first-order chi connectivity index (χ1) is 10.4. The number of hydrogen-bond donors (Lipinski definition) is 1. The zero-order valence-corrected chi connectivity index (χ0v) is 14.9. The molecule has 6 heteroatoms. The van der Waals surface area contributed by atoms with Crippen molar-refractivity contribution < 1.29 is 4.79 Å². The third kappa shape index (κ3) is 3.91. The van der Waals surface area contributed by atoms with E-state index in [-0.39, 0.29) is 11.9 Å². The Kier molecular flexibility index (Phi) is 5.67. The zero-order valence-electron chi connectivity index (χ0n) is 14.1. The molecule has 0 aromatic carbocycles. The summed E-state index contributed by atoms with van der Waals surface area (Å²) < 4.78 is 0. The van der Waals surface area contributed by atoms with E-state index in [4.69, 9.17) is 0 Å². The fourth-order valence-corrected chi connectivity index (χ4v) is 3.25. The molecule has 0 radical (unpaired) electrons. The minimum atomic E-state index is 0.121. The average molecular weight is 322 g/mol. The molecule has 0 bridgehead atoms. The van der Waals surface area contributed by atoms with Gasteiger partial charge in [-0.05, 0) is 26.0 Å². The number of aryl methyl sites for hydroxylation is 2. The van der Waals surface area contributed by atoms with Crippen molar-refractivity contribution in [3.63, 3.8) is 0 Å². The molecule has 1 fully saturated rings. The molecule has 2 heterocycles. The van der Waals surface area contributed by atoms with Crippen LogP contribution in [0.3, 0.4) is 0 Å². The summed E-state index contributed by atoms with van der Waals surface area (Å²) >= 11 is 1.56. The number of nitrogens with zero attached hydrogens (tertiary/aromatic N) is 3. The van der Waals surface area contributed by atoms with E-state index >= 15 is 0 Å². The quantitative estimate of drug-likeness (QED) is 0.899. The van der Waals surface area contributed by atoms with Crippen molar-refractivity contribution in [3.05, 3.63) is 17.6 Å². The van der Waals surface area contributed by atoms with Crippen molar-refractivity contribution in [2.24, 2.45) is 11.8 Å². The van der Waals surface area contributed by atoms with Crippen LogP contribution in [-0.2, 0) is 4.79 Å². The highest BCUT2D eigenvalue weighted by Crippen LogP contribution is 2.28. The van der Waals surface area contributed by atoms with Gasteiger partial charge in [0.05, 0.1) is 29.4 Å². The summed E-state index contributed by atoms with van der Waals surface area (Å²) in [6, 6.07) is 0.183. The van der Waals surface area contributed by atoms with Gasteiger partial charge >= 0.3 is 0 Å². The summed E-state index contributed by atoms with van der Waals surface area (Å²) in [4.78, 5) is 23.2. The molecule has 1 saturated heterocycles. The molecule has 1 aromatic rings. The number of thioether (sulfide) groups is 1. The minimum Gasteiger partial charge on any atom is -0.353 e. The van der Waals surface area contributed by atoms with Crippen LogP contribution >= 0.6 is 11.8 Å². The Labute approximate surface area is 137 Å². The van der Waals surface area contributed by atoms with Crippen LogP contribution in [0.2, 0.25) is 0 Å². The first-order valence-electron chi connectivity index (χ1n) is 7.75. The van der Waals surface area contributed by atoms with Gasteiger partial charge in [-0.3, -0.25) is 9.78 Å². The topological polar surface area (TPSA) is 58.1 Å². The second-order valence-corrected chi connectivity index (χ2v) is 7.18. The van der Waals surface area contributed by atoms with Gasteiger partial charge in [0.25, 0.3) is 0 Å². The summed E-state index contributed by atoms with van der Waals surface area (Å²) in [5.41, 5.74) is 1.93.